The van der Waals surface area contributed by atoms with E-state index in [4.69, 9.17) is 14.2 Å². The molecule has 0 spiro atoms. The Labute approximate surface area is 613 Å². The lowest BCUT2D eigenvalue weighted by Crippen LogP contribution is -2.60. The van der Waals surface area contributed by atoms with Gasteiger partial charge in [0.25, 0.3) is 0 Å². The van der Waals surface area contributed by atoms with E-state index in [-0.39, 0.29) is 18.5 Å². The van der Waals surface area contributed by atoms with Crippen molar-refractivity contribution in [3.8, 4) is 0 Å². The average molecular weight is 1400 g/mol. The third-order valence-corrected chi connectivity index (χ3v) is 21.0. The summed E-state index contributed by atoms with van der Waals surface area (Å²) in [4.78, 5) is 25.2. The fourth-order valence-corrected chi connectivity index (χ4v) is 14.2. The Morgan fingerprint density at radius 1 is 0.364 bits per heavy atom. The monoisotopic (exact) mass is 1400 g/mol. The van der Waals surface area contributed by atoms with Gasteiger partial charge in [0, 0.05) is 12.8 Å². The molecule has 0 aromatic heterocycles. The van der Waals surface area contributed by atoms with Gasteiger partial charge in [-0.05, 0) is 70.6 Å². The largest absolute Gasteiger partial charge is 0.466 e. The number of aliphatic hydroxyl groups is 5. The molecule has 1 saturated heterocycles. The summed E-state index contributed by atoms with van der Waals surface area (Å²) in [6, 6.07) is -0.825. The molecule has 6 N–H and O–H groups in total. The molecule has 11 heteroatoms. The van der Waals surface area contributed by atoms with E-state index in [0.29, 0.717) is 19.4 Å². The number of amides is 1. The van der Waals surface area contributed by atoms with Gasteiger partial charge in [-0.1, -0.05) is 403 Å². The van der Waals surface area contributed by atoms with E-state index >= 15 is 0 Å². The van der Waals surface area contributed by atoms with E-state index in [1.54, 1.807) is 6.08 Å². The number of nitrogens with one attached hydrogen (secondary N) is 1. The molecular formula is C88H167NO10. The molecule has 7 atom stereocenters. The molecule has 0 aliphatic carbocycles. The maximum atomic E-state index is 13.1. The normalized spacial score (nSPS) is 17.3. The number of unbranched alkanes of at least 4 members (excludes halogenated alkanes) is 61. The zero-order valence-corrected chi connectivity index (χ0v) is 65.5. The molecule has 1 fully saturated rings. The van der Waals surface area contributed by atoms with Gasteiger partial charge in [0.1, 0.15) is 24.4 Å². The first kappa shape index (κ1) is 94.9. The minimum atomic E-state index is -1.58. The van der Waals surface area contributed by atoms with E-state index in [2.05, 4.69) is 43.5 Å². The third-order valence-electron chi connectivity index (χ3n) is 21.0. The second-order valence-electron chi connectivity index (χ2n) is 30.6. The Bertz CT molecular complexity index is 1740. The highest BCUT2D eigenvalue weighted by Crippen LogP contribution is 2.24. The van der Waals surface area contributed by atoms with Crippen LogP contribution in [0.1, 0.15) is 450 Å². The van der Waals surface area contributed by atoms with Gasteiger partial charge >= 0.3 is 5.97 Å². The number of carbonyl (C=O) groups is 2. The summed E-state index contributed by atoms with van der Waals surface area (Å²) in [6.45, 7) is 4.40. The molecule has 0 saturated carbocycles. The number of rotatable bonds is 79. The first-order valence-electron chi connectivity index (χ1n) is 43.8. The van der Waals surface area contributed by atoms with Gasteiger partial charge in [0.05, 0.1) is 32.0 Å². The van der Waals surface area contributed by atoms with Crippen LogP contribution in [-0.2, 0) is 23.8 Å². The molecule has 0 bridgehead atoms. The van der Waals surface area contributed by atoms with Crippen molar-refractivity contribution in [3.63, 3.8) is 0 Å². The molecule has 1 aliphatic heterocycles. The van der Waals surface area contributed by atoms with Crippen molar-refractivity contribution in [2.75, 3.05) is 19.8 Å². The van der Waals surface area contributed by atoms with Crippen molar-refractivity contribution in [1.29, 1.82) is 0 Å². The number of carbonyl (C=O) groups excluding carboxylic acids is 2. The van der Waals surface area contributed by atoms with Crippen LogP contribution in [-0.4, -0.2) is 100 Å². The summed E-state index contributed by atoms with van der Waals surface area (Å²) in [6.07, 6.45) is 92.1. The van der Waals surface area contributed by atoms with Gasteiger partial charge in [-0.3, -0.25) is 9.59 Å². The van der Waals surface area contributed by atoms with Crippen molar-refractivity contribution >= 4 is 11.9 Å². The van der Waals surface area contributed by atoms with Gasteiger partial charge < -0.3 is 45.1 Å². The zero-order chi connectivity index (χ0) is 71.5. The number of aliphatic hydroxyl groups excluding tert-OH is 5. The first-order valence-corrected chi connectivity index (χ1v) is 43.8. The second-order valence-corrected chi connectivity index (χ2v) is 30.6. The lowest BCUT2D eigenvalue weighted by atomic mass is 9.99. The van der Waals surface area contributed by atoms with Gasteiger partial charge in [0.15, 0.2) is 6.29 Å². The first-order chi connectivity index (χ1) is 48.7. The summed E-state index contributed by atoms with van der Waals surface area (Å²) in [5.74, 6) is -0.163. The van der Waals surface area contributed by atoms with Crippen molar-refractivity contribution in [2.45, 2.75) is 493 Å². The molecule has 1 rings (SSSR count). The predicted molar refractivity (Wildman–Crippen MR) is 421 cm³/mol. The van der Waals surface area contributed by atoms with Crippen LogP contribution in [0.3, 0.4) is 0 Å². The number of esters is 1. The lowest BCUT2D eigenvalue weighted by Gasteiger charge is -2.40. The highest BCUT2D eigenvalue weighted by Gasteiger charge is 2.44. The number of allylic oxidation sites excluding steroid dienone is 5. The topological polar surface area (TPSA) is 175 Å². The Balaban J connectivity index is 1.88. The van der Waals surface area contributed by atoms with E-state index in [1.165, 1.54) is 372 Å². The maximum absolute atomic E-state index is 13.1. The van der Waals surface area contributed by atoms with Crippen molar-refractivity contribution in [3.05, 3.63) is 36.5 Å². The third kappa shape index (κ3) is 65.2. The highest BCUT2D eigenvalue weighted by atomic mass is 16.7. The summed E-state index contributed by atoms with van der Waals surface area (Å²) in [5, 5.41) is 54.6. The summed E-state index contributed by atoms with van der Waals surface area (Å²) >= 11 is 0. The van der Waals surface area contributed by atoms with Crippen LogP contribution in [0.2, 0.25) is 0 Å². The fourth-order valence-electron chi connectivity index (χ4n) is 14.2. The molecule has 0 aromatic carbocycles. The molecule has 99 heavy (non-hydrogen) atoms. The Hall–Kier alpha value is -2.12. The van der Waals surface area contributed by atoms with Gasteiger partial charge in [0.2, 0.25) is 5.91 Å². The van der Waals surface area contributed by atoms with Crippen LogP contribution < -0.4 is 5.32 Å². The average Bonchev–Trinajstić information content (AvgIpc) is 0.834. The minimum Gasteiger partial charge on any atom is -0.466 e. The van der Waals surface area contributed by atoms with Crippen molar-refractivity contribution in [2.24, 2.45) is 0 Å². The van der Waals surface area contributed by atoms with Crippen LogP contribution >= 0.6 is 0 Å². The van der Waals surface area contributed by atoms with Crippen molar-refractivity contribution in [1.82, 2.24) is 5.32 Å². The van der Waals surface area contributed by atoms with E-state index in [1.807, 2.05) is 6.08 Å². The molecular weight excluding hydrogens is 1230 g/mol. The van der Waals surface area contributed by atoms with Crippen LogP contribution in [0.5, 0.6) is 0 Å². The van der Waals surface area contributed by atoms with Crippen molar-refractivity contribution < 1.29 is 49.3 Å². The number of hydrogen-bond donors (Lipinski definition) is 6. The SMILES string of the molecule is CCCCCCCCCCC/C=C/CC/C=C/C(O)C(COC1OC(CO)C(O)C(O)C1O)NC(=O)CCCCCCCCCCCCCCCCCCC/C=C\CCCCCCCCCCCCCCCCCCCCOC(=O)CCCCCCCCCCCCCCCCCCC. The molecule has 11 nitrogen and oxygen atoms in total. The quantitative estimate of drug-likeness (QED) is 0.0195. The lowest BCUT2D eigenvalue weighted by molar-refractivity contribution is -0.302. The smallest absolute Gasteiger partial charge is 0.305 e. The van der Waals surface area contributed by atoms with Crippen LogP contribution in [0.25, 0.3) is 0 Å². The van der Waals surface area contributed by atoms with Gasteiger partial charge in [-0.2, -0.15) is 0 Å². The maximum Gasteiger partial charge on any atom is 0.305 e. The molecule has 0 radical (unpaired) electrons. The molecule has 1 heterocycles. The molecule has 1 amide bonds. The Kier molecular flexibility index (Phi) is 73.8. The predicted octanol–water partition coefficient (Wildman–Crippen LogP) is 24.4. The van der Waals surface area contributed by atoms with Crippen LogP contribution in [0, 0.1) is 0 Å². The number of hydrogen-bond acceptors (Lipinski definition) is 10. The van der Waals surface area contributed by atoms with E-state index in [9.17, 15) is 35.1 Å². The van der Waals surface area contributed by atoms with Gasteiger partial charge in [-0.25, -0.2) is 0 Å². The Morgan fingerprint density at radius 2 is 0.657 bits per heavy atom. The van der Waals surface area contributed by atoms with Crippen LogP contribution in [0.15, 0.2) is 36.5 Å². The van der Waals surface area contributed by atoms with Gasteiger partial charge in [-0.15, -0.1) is 0 Å². The highest BCUT2D eigenvalue weighted by molar-refractivity contribution is 5.76. The molecule has 584 valence electrons. The zero-order valence-electron chi connectivity index (χ0n) is 65.5. The number of ether oxygens (including phenoxy) is 3. The van der Waals surface area contributed by atoms with Crippen LogP contribution in [0.4, 0.5) is 0 Å². The van der Waals surface area contributed by atoms with E-state index in [0.717, 1.165) is 51.4 Å². The second kappa shape index (κ2) is 77.0. The standard InChI is InChI=1S/C88H167NO10/c1-3-5-7-9-11-13-15-17-19-43-48-52-56-60-64-68-72-76-84(93)97-77-73-69-65-61-57-53-49-45-42-40-38-36-34-32-30-28-26-24-22-20-21-23-25-27-29-31-33-35-37-39-41-44-47-51-55-59-63-67-71-75-83(92)89-80(79-98-88-87(96)86(95)85(94)82(78-90)99-88)81(91)74-70-66-62-58-54-50-46-18-16-14-12-10-8-6-4-2/h20-21,54,58,70,74,80-82,85-88,90-91,94-96H,3-19,22-53,55-57,59-69,71-73,75-79H2,1-2H3,(H,89,92)/b21-20-,58-54+,74-70+. The molecule has 1 aliphatic rings. The fraction of sp³-hybridized carbons (Fsp3) is 0.909. The minimum absolute atomic E-state index is 0.0216. The summed E-state index contributed by atoms with van der Waals surface area (Å²) < 4.78 is 16.8. The summed E-state index contributed by atoms with van der Waals surface area (Å²) in [5.41, 5.74) is 0. The molecule has 7 unspecified atom stereocenters. The Morgan fingerprint density at radius 3 is 1.00 bits per heavy atom. The van der Waals surface area contributed by atoms with E-state index < -0.39 is 49.5 Å². The summed E-state index contributed by atoms with van der Waals surface area (Å²) in [7, 11) is 0. The molecule has 0 aromatic rings.